The molecule has 5 nitrogen and oxygen atoms in total. The summed E-state index contributed by atoms with van der Waals surface area (Å²) in [7, 11) is 0. The molecule has 0 fully saturated rings. The van der Waals surface area contributed by atoms with Crippen LogP contribution in [0.25, 0.3) is 0 Å². The van der Waals surface area contributed by atoms with Crippen molar-refractivity contribution in [2.24, 2.45) is 0 Å². The Hall–Kier alpha value is -2.60. The van der Waals surface area contributed by atoms with Crippen molar-refractivity contribution in [1.29, 1.82) is 0 Å². The van der Waals surface area contributed by atoms with E-state index in [1.165, 1.54) is 23.3 Å². The van der Waals surface area contributed by atoms with Gasteiger partial charge in [-0.3, -0.25) is 4.90 Å². The fraction of sp³-hybridized carbons (Fsp3) is 0.278. The second kappa shape index (κ2) is 6.13. The van der Waals surface area contributed by atoms with E-state index in [-0.39, 0.29) is 11.9 Å². The fourth-order valence-corrected chi connectivity index (χ4v) is 3.30. The van der Waals surface area contributed by atoms with Crippen LogP contribution in [-0.2, 0) is 13.1 Å². The lowest BCUT2D eigenvalue weighted by Gasteiger charge is -2.35. The maximum Gasteiger partial charge on any atom is 0.173 e. The van der Waals surface area contributed by atoms with Crippen molar-refractivity contribution in [2.45, 2.75) is 26.1 Å². The number of halogens is 1. The third kappa shape index (κ3) is 2.80. The molecule has 1 atom stereocenters. The van der Waals surface area contributed by atoms with E-state index in [0.29, 0.717) is 0 Å². The molecule has 0 bridgehead atoms. The molecule has 0 saturated heterocycles. The average Bonchev–Trinajstić information content (AvgIpc) is 3.04. The van der Waals surface area contributed by atoms with Crippen LogP contribution in [0.3, 0.4) is 0 Å². The summed E-state index contributed by atoms with van der Waals surface area (Å²) in [5, 5.41) is 12.1. The van der Waals surface area contributed by atoms with Gasteiger partial charge in [-0.25, -0.2) is 9.07 Å². The first kappa shape index (κ1) is 15.0. The zero-order chi connectivity index (χ0) is 16.5. The van der Waals surface area contributed by atoms with Crippen molar-refractivity contribution in [2.75, 3.05) is 6.54 Å². The van der Waals surface area contributed by atoms with Crippen molar-refractivity contribution in [3.63, 3.8) is 0 Å². The monoisotopic (exact) mass is 323 g/mol. The molecule has 0 saturated carbocycles. The lowest BCUT2D eigenvalue weighted by molar-refractivity contribution is 0.164. The van der Waals surface area contributed by atoms with Gasteiger partial charge >= 0.3 is 0 Å². The quantitative estimate of drug-likeness (QED) is 0.743. The minimum absolute atomic E-state index is 0.0742. The van der Waals surface area contributed by atoms with Gasteiger partial charge in [-0.05, 0) is 40.6 Å². The van der Waals surface area contributed by atoms with Crippen molar-refractivity contribution in [3.05, 3.63) is 76.9 Å². The molecule has 1 aliphatic heterocycles. The molecule has 0 amide bonds. The zero-order valence-corrected chi connectivity index (χ0v) is 13.4. The summed E-state index contributed by atoms with van der Waals surface area (Å²) < 4.78 is 15.2. The van der Waals surface area contributed by atoms with Crippen molar-refractivity contribution >= 4 is 0 Å². The minimum atomic E-state index is -0.237. The van der Waals surface area contributed by atoms with E-state index in [1.807, 2.05) is 16.8 Å². The van der Waals surface area contributed by atoms with E-state index >= 15 is 0 Å². The van der Waals surface area contributed by atoms with E-state index in [0.717, 1.165) is 31.0 Å². The Labute approximate surface area is 139 Å². The summed E-state index contributed by atoms with van der Waals surface area (Å²) in [6.07, 6.45) is 0. The highest BCUT2D eigenvalue weighted by Crippen LogP contribution is 2.31. The van der Waals surface area contributed by atoms with E-state index in [1.54, 1.807) is 0 Å². The molecule has 2 aromatic carbocycles. The summed E-state index contributed by atoms with van der Waals surface area (Å²) in [5.74, 6) is 0.569. The first-order valence-corrected chi connectivity index (χ1v) is 8.02. The van der Waals surface area contributed by atoms with Crippen LogP contribution in [0.1, 0.15) is 28.6 Å². The van der Waals surface area contributed by atoms with Crippen LogP contribution in [0.15, 0.2) is 48.5 Å². The number of aromatic nitrogens is 4. The molecule has 0 aliphatic carbocycles. The average molecular weight is 323 g/mol. The molecular weight excluding hydrogens is 305 g/mol. The SMILES string of the molecule is Cc1cccc(CN2CCn3nnnc3[C@@H]2c2ccc(F)cc2)c1. The van der Waals surface area contributed by atoms with Gasteiger partial charge in [-0.1, -0.05) is 42.0 Å². The molecular formula is C18H18FN5. The predicted molar refractivity (Wildman–Crippen MR) is 87.6 cm³/mol. The molecule has 4 rings (SSSR count). The van der Waals surface area contributed by atoms with Crippen molar-refractivity contribution in [3.8, 4) is 0 Å². The van der Waals surface area contributed by atoms with Gasteiger partial charge < -0.3 is 0 Å². The van der Waals surface area contributed by atoms with Crippen LogP contribution in [0.2, 0.25) is 0 Å². The highest BCUT2D eigenvalue weighted by molar-refractivity contribution is 5.28. The van der Waals surface area contributed by atoms with Gasteiger partial charge in [-0.15, -0.1) is 5.10 Å². The fourth-order valence-electron chi connectivity index (χ4n) is 3.30. The summed E-state index contributed by atoms with van der Waals surface area (Å²) in [4.78, 5) is 2.34. The lowest BCUT2D eigenvalue weighted by atomic mass is 10.0. The molecule has 24 heavy (non-hydrogen) atoms. The van der Waals surface area contributed by atoms with Crippen LogP contribution in [-0.4, -0.2) is 31.7 Å². The smallest absolute Gasteiger partial charge is 0.173 e. The van der Waals surface area contributed by atoms with E-state index in [4.69, 9.17) is 0 Å². The molecule has 0 spiro atoms. The Balaban J connectivity index is 1.71. The molecule has 0 N–H and O–H groups in total. The normalized spacial score (nSPS) is 17.7. The Bertz CT molecular complexity index is 843. The third-order valence-corrected chi connectivity index (χ3v) is 4.42. The van der Waals surface area contributed by atoms with Crippen LogP contribution in [0.4, 0.5) is 4.39 Å². The predicted octanol–water partition coefficient (Wildman–Crippen LogP) is 2.73. The van der Waals surface area contributed by atoms with Crippen LogP contribution >= 0.6 is 0 Å². The number of fused-ring (bicyclic) bond motifs is 1. The van der Waals surface area contributed by atoms with Crippen molar-refractivity contribution in [1.82, 2.24) is 25.1 Å². The van der Waals surface area contributed by atoms with E-state index < -0.39 is 0 Å². The van der Waals surface area contributed by atoms with Crippen LogP contribution < -0.4 is 0 Å². The number of benzene rings is 2. The number of hydrogen-bond acceptors (Lipinski definition) is 4. The van der Waals surface area contributed by atoms with Gasteiger partial charge in [-0.2, -0.15) is 0 Å². The maximum absolute atomic E-state index is 13.3. The van der Waals surface area contributed by atoms with Gasteiger partial charge in [0.05, 0.1) is 12.6 Å². The first-order valence-electron chi connectivity index (χ1n) is 8.02. The van der Waals surface area contributed by atoms with Crippen molar-refractivity contribution < 1.29 is 4.39 Å². The first-order chi connectivity index (χ1) is 11.7. The van der Waals surface area contributed by atoms with Gasteiger partial charge in [0.2, 0.25) is 0 Å². The number of tetrazole rings is 1. The standard InChI is InChI=1S/C18H18FN5/c1-13-3-2-4-14(11-13)12-23-9-10-24-18(20-21-22-24)17(23)15-5-7-16(19)8-6-15/h2-8,11,17H,9-10,12H2,1H3/t17-/m0/s1. The molecule has 122 valence electrons. The Morgan fingerprint density at radius 1 is 1.12 bits per heavy atom. The highest BCUT2D eigenvalue weighted by Gasteiger charge is 2.31. The molecule has 1 aromatic heterocycles. The Morgan fingerprint density at radius 3 is 2.75 bits per heavy atom. The van der Waals surface area contributed by atoms with Gasteiger partial charge in [0, 0.05) is 13.1 Å². The summed E-state index contributed by atoms with van der Waals surface area (Å²) in [6, 6.07) is 15.0. The third-order valence-electron chi connectivity index (χ3n) is 4.42. The van der Waals surface area contributed by atoms with Gasteiger partial charge in [0.25, 0.3) is 0 Å². The van der Waals surface area contributed by atoms with Gasteiger partial charge in [0.15, 0.2) is 5.82 Å². The highest BCUT2D eigenvalue weighted by atomic mass is 19.1. The largest absolute Gasteiger partial charge is 0.284 e. The second-order valence-electron chi connectivity index (χ2n) is 6.17. The second-order valence-corrected chi connectivity index (χ2v) is 6.17. The number of hydrogen-bond donors (Lipinski definition) is 0. The topological polar surface area (TPSA) is 46.8 Å². The molecule has 3 aromatic rings. The molecule has 0 radical (unpaired) electrons. The lowest BCUT2D eigenvalue weighted by Crippen LogP contribution is -2.39. The minimum Gasteiger partial charge on any atom is -0.284 e. The maximum atomic E-state index is 13.3. The Kier molecular flexibility index (Phi) is 3.82. The molecule has 2 heterocycles. The number of nitrogens with zero attached hydrogens (tertiary/aromatic N) is 5. The van der Waals surface area contributed by atoms with Crippen LogP contribution in [0.5, 0.6) is 0 Å². The molecule has 6 heteroatoms. The number of rotatable bonds is 3. The molecule has 0 unspecified atom stereocenters. The van der Waals surface area contributed by atoms with Gasteiger partial charge in [0.1, 0.15) is 5.82 Å². The van der Waals surface area contributed by atoms with E-state index in [2.05, 4.69) is 51.6 Å². The summed E-state index contributed by atoms with van der Waals surface area (Å²) in [5.41, 5.74) is 3.50. The van der Waals surface area contributed by atoms with E-state index in [9.17, 15) is 4.39 Å². The summed E-state index contributed by atoms with van der Waals surface area (Å²) in [6.45, 7) is 4.49. The zero-order valence-electron chi connectivity index (χ0n) is 13.4. The molecule has 1 aliphatic rings. The van der Waals surface area contributed by atoms with Crippen LogP contribution in [0, 0.1) is 12.7 Å². The Morgan fingerprint density at radius 2 is 1.96 bits per heavy atom. The summed E-state index contributed by atoms with van der Waals surface area (Å²) >= 11 is 0. The number of aryl methyl sites for hydroxylation is 1.